The van der Waals surface area contributed by atoms with Gasteiger partial charge in [0.05, 0.1) is 27.0 Å². The lowest BCUT2D eigenvalue weighted by atomic mass is 10.1. The molecule has 0 aliphatic carbocycles. The van der Waals surface area contributed by atoms with Gasteiger partial charge in [0.25, 0.3) is 5.91 Å². The molecule has 0 bridgehead atoms. The second kappa shape index (κ2) is 10.3. The Balaban J connectivity index is 1.63. The number of rotatable bonds is 8. The highest BCUT2D eigenvalue weighted by atomic mass is 79.9. The highest BCUT2D eigenvalue weighted by Crippen LogP contribution is 2.35. The summed E-state index contributed by atoms with van der Waals surface area (Å²) in [5.74, 6) is -0.271. The van der Waals surface area contributed by atoms with Crippen molar-refractivity contribution in [3.05, 3.63) is 51.8 Å². The molecule has 0 saturated carbocycles. The summed E-state index contributed by atoms with van der Waals surface area (Å²) in [7, 11) is 4.33. The molecule has 162 valence electrons. The number of nitrogens with zero attached hydrogens (tertiary/aromatic N) is 1. The first-order valence-electron chi connectivity index (χ1n) is 8.93. The minimum Gasteiger partial charge on any atom is -0.496 e. The van der Waals surface area contributed by atoms with E-state index in [1.165, 1.54) is 44.8 Å². The van der Waals surface area contributed by atoms with Gasteiger partial charge in [0, 0.05) is 27.5 Å². The molecule has 8 nitrogen and oxygen atoms in total. The molecule has 2 aromatic carbocycles. The zero-order valence-corrected chi connectivity index (χ0v) is 19.3. The largest absolute Gasteiger partial charge is 0.496 e. The Labute approximate surface area is 191 Å². The fraction of sp³-hybridized carbons (Fsp3) is 0.190. The van der Waals surface area contributed by atoms with Gasteiger partial charge in [0.15, 0.2) is 23.2 Å². The van der Waals surface area contributed by atoms with Gasteiger partial charge in [-0.2, -0.15) is 0 Å². The van der Waals surface area contributed by atoms with E-state index in [-0.39, 0.29) is 11.3 Å². The van der Waals surface area contributed by atoms with Crippen molar-refractivity contribution in [1.82, 2.24) is 4.98 Å². The number of hydrogen-bond donors (Lipinski definition) is 1. The number of halogens is 1. The molecule has 0 atom stereocenters. The number of thiazole rings is 1. The maximum Gasteiger partial charge on any atom is 0.342 e. The number of methoxy groups -OCH3 is 3. The van der Waals surface area contributed by atoms with Gasteiger partial charge in [0.2, 0.25) is 0 Å². The average Bonchev–Trinajstić information content (AvgIpc) is 3.24. The third kappa shape index (κ3) is 5.53. The Morgan fingerprint density at radius 3 is 2.42 bits per heavy atom. The van der Waals surface area contributed by atoms with Gasteiger partial charge < -0.3 is 18.9 Å². The lowest BCUT2D eigenvalue weighted by molar-refractivity contribution is -0.119. The van der Waals surface area contributed by atoms with E-state index in [2.05, 4.69) is 26.2 Å². The van der Waals surface area contributed by atoms with E-state index < -0.39 is 18.5 Å². The van der Waals surface area contributed by atoms with Gasteiger partial charge in [-0.05, 0) is 12.1 Å². The van der Waals surface area contributed by atoms with Crippen LogP contribution in [0.15, 0.2) is 46.3 Å². The zero-order valence-electron chi connectivity index (χ0n) is 16.9. The fourth-order valence-electron chi connectivity index (χ4n) is 2.66. The number of amides is 1. The molecule has 3 aromatic rings. The number of anilines is 1. The van der Waals surface area contributed by atoms with Crippen LogP contribution in [0.1, 0.15) is 10.4 Å². The minimum atomic E-state index is -0.734. The van der Waals surface area contributed by atoms with E-state index in [4.69, 9.17) is 18.9 Å². The topological polar surface area (TPSA) is 96.0 Å². The molecule has 0 fully saturated rings. The SMILES string of the molecule is COc1cc(OC)c(C(=O)OCC(=O)Nc2nc(-c3cccc(Br)c3)cs2)cc1OC. The molecular weight excluding hydrogens is 488 g/mol. The predicted octanol–water partition coefficient (Wildman–Crippen LogP) is 4.39. The van der Waals surface area contributed by atoms with Crippen LogP contribution in [-0.2, 0) is 9.53 Å². The van der Waals surface area contributed by atoms with Gasteiger partial charge in [-0.3, -0.25) is 10.1 Å². The number of hydrogen-bond acceptors (Lipinski definition) is 8. The van der Waals surface area contributed by atoms with E-state index in [0.717, 1.165) is 15.7 Å². The van der Waals surface area contributed by atoms with Crippen molar-refractivity contribution >= 4 is 44.3 Å². The zero-order chi connectivity index (χ0) is 22.4. The second-order valence-corrected chi connectivity index (χ2v) is 7.85. The molecule has 1 amide bonds. The van der Waals surface area contributed by atoms with Crippen LogP contribution in [0.5, 0.6) is 17.2 Å². The van der Waals surface area contributed by atoms with Crippen LogP contribution >= 0.6 is 27.3 Å². The van der Waals surface area contributed by atoms with Crippen molar-refractivity contribution in [2.45, 2.75) is 0 Å². The summed E-state index contributed by atoms with van der Waals surface area (Å²) < 4.78 is 21.7. The quantitative estimate of drug-likeness (QED) is 0.452. The Kier molecular flexibility index (Phi) is 7.48. The molecule has 0 aliphatic rings. The summed E-state index contributed by atoms with van der Waals surface area (Å²) in [5.41, 5.74) is 1.76. The molecule has 1 aromatic heterocycles. The van der Waals surface area contributed by atoms with E-state index in [9.17, 15) is 9.59 Å². The Hall–Kier alpha value is -3.11. The van der Waals surface area contributed by atoms with E-state index in [1.807, 2.05) is 29.6 Å². The fourth-order valence-corrected chi connectivity index (χ4v) is 3.80. The number of esters is 1. The molecule has 1 N–H and O–H groups in total. The molecule has 0 spiro atoms. The number of ether oxygens (including phenoxy) is 4. The first-order valence-corrected chi connectivity index (χ1v) is 10.6. The van der Waals surface area contributed by atoms with Crippen LogP contribution in [0.2, 0.25) is 0 Å². The summed E-state index contributed by atoms with van der Waals surface area (Å²) in [6.07, 6.45) is 0. The lowest BCUT2D eigenvalue weighted by Gasteiger charge is -2.13. The monoisotopic (exact) mass is 506 g/mol. The van der Waals surface area contributed by atoms with E-state index in [1.54, 1.807) is 0 Å². The standard InChI is InChI=1S/C21H19BrN2O6S/c1-27-16-9-18(29-3)17(28-2)8-14(16)20(26)30-10-19(25)24-21-23-15(11-31-21)12-5-4-6-13(22)7-12/h4-9,11H,10H2,1-3H3,(H,23,24,25). The Morgan fingerprint density at radius 1 is 1.03 bits per heavy atom. The number of aromatic nitrogens is 1. The third-order valence-corrected chi connectivity index (χ3v) is 5.38. The molecular formula is C21H19BrN2O6S. The number of carbonyl (C=O) groups is 2. The highest BCUT2D eigenvalue weighted by molar-refractivity contribution is 9.10. The van der Waals surface area contributed by atoms with Crippen LogP contribution in [-0.4, -0.2) is 44.8 Å². The van der Waals surface area contributed by atoms with E-state index in [0.29, 0.717) is 16.6 Å². The van der Waals surface area contributed by atoms with Crippen molar-refractivity contribution in [2.75, 3.05) is 33.3 Å². The second-order valence-electron chi connectivity index (χ2n) is 6.08. The predicted molar refractivity (Wildman–Crippen MR) is 120 cm³/mol. The molecule has 1 heterocycles. The highest BCUT2D eigenvalue weighted by Gasteiger charge is 2.20. The lowest BCUT2D eigenvalue weighted by Crippen LogP contribution is -2.21. The summed E-state index contributed by atoms with van der Waals surface area (Å²) in [6, 6.07) is 10.6. The minimum absolute atomic E-state index is 0.110. The third-order valence-electron chi connectivity index (χ3n) is 4.13. The molecule has 0 radical (unpaired) electrons. The van der Waals surface area contributed by atoms with Gasteiger partial charge in [-0.15, -0.1) is 11.3 Å². The van der Waals surface area contributed by atoms with Gasteiger partial charge >= 0.3 is 5.97 Å². The van der Waals surface area contributed by atoms with Crippen molar-refractivity contribution in [2.24, 2.45) is 0 Å². The molecule has 31 heavy (non-hydrogen) atoms. The molecule has 0 unspecified atom stereocenters. The average molecular weight is 507 g/mol. The molecule has 0 saturated heterocycles. The van der Waals surface area contributed by atoms with E-state index >= 15 is 0 Å². The summed E-state index contributed by atoms with van der Waals surface area (Å²) in [5, 5.41) is 4.86. The van der Waals surface area contributed by atoms with Crippen LogP contribution in [0.3, 0.4) is 0 Å². The Morgan fingerprint density at radius 2 is 1.74 bits per heavy atom. The number of nitrogens with one attached hydrogen (secondary N) is 1. The molecule has 0 aliphatic heterocycles. The van der Waals surface area contributed by atoms with Crippen molar-refractivity contribution < 1.29 is 28.5 Å². The first kappa shape index (κ1) is 22.6. The van der Waals surface area contributed by atoms with Crippen molar-refractivity contribution in [1.29, 1.82) is 0 Å². The first-order chi connectivity index (χ1) is 14.9. The summed E-state index contributed by atoms with van der Waals surface area (Å²) in [6.45, 7) is -0.484. The number of benzene rings is 2. The van der Waals surface area contributed by atoms with Crippen molar-refractivity contribution in [3.8, 4) is 28.5 Å². The molecule has 3 rings (SSSR count). The maximum absolute atomic E-state index is 12.5. The summed E-state index contributed by atoms with van der Waals surface area (Å²) >= 11 is 4.70. The van der Waals surface area contributed by atoms with Crippen LogP contribution in [0.4, 0.5) is 5.13 Å². The van der Waals surface area contributed by atoms with Gasteiger partial charge in [0.1, 0.15) is 11.3 Å². The number of carbonyl (C=O) groups excluding carboxylic acids is 2. The molecule has 10 heteroatoms. The van der Waals surface area contributed by atoms with Gasteiger partial charge in [-0.1, -0.05) is 28.1 Å². The van der Waals surface area contributed by atoms with Crippen LogP contribution in [0, 0.1) is 0 Å². The van der Waals surface area contributed by atoms with Crippen LogP contribution in [0.25, 0.3) is 11.3 Å². The summed E-state index contributed by atoms with van der Waals surface area (Å²) in [4.78, 5) is 29.1. The normalized spacial score (nSPS) is 10.3. The van der Waals surface area contributed by atoms with Crippen LogP contribution < -0.4 is 19.5 Å². The van der Waals surface area contributed by atoms with Gasteiger partial charge in [-0.25, -0.2) is 9.78 Å². The van der Waals surface area contributed by atoms with Crippen molar-refractivity contribution in [3.63, 3.8) is 0 Å². The Bertz CT molecular complexity index is 1100. The maximum atomic E-state index is 12.5. The smallest absolute Gasteiger partial charge is 0.342 e.